The normalized spacial score (nSPS) is 20.9. The predicted octanol–water partition coefficient (Wildman–Crippen LogP) is 4.06. The van der Waals surface area contributed by atoms with E-state index in [0.29, 0.717) is 26.9 Å². The molecule has 1 aromatic carbocycles. The summed E-state index contributed by atoms with van der Waals surface area (Å²) < 4.78 is 5.21. The Kier molecular flexibility index (Phi) is 4.74. The number of esters is 1. The lowest BCUT2D eigenvalue weighted by Crippen LogP contribution is -2.49. The SMILES string of the molecule is CCOC(=O)C1=C(C)N(C2CC2)C(=O)N[C@H]1c1c(Cl)cccc1Cl. The van der Waals surface area contributed by atoms with Crippen molar-refractivity contribution in [1.29, 1.82) is 0 Å². The molecular weight excluding hydrogens is 351 g/mol. The molecule has 1 heterocycles. The molecule has 3 rings (SSSR count). The molecule has 0 bridgehead atoms. The van der Waals surface area contributed by atoms with Gasteiger partial charge in [-0.1, -0.05) is 29.3 Å². The summed E-state index contributed by atoms with van der Waals surface area (Å²) in [5.74, 6) is -0.471. The van der Waals surface area contributed by atoms with Crippen molar-refractivity contribution in [3.63, 3.8) is 0 Å². The second kappa shape index (κ2) is 6.65. The van der Waals surface area contributed by atoms with E-state index in [2.05, 4.69) is 5.32 Å². The molecule has 7 heteroatoms. The first-order chi connectivity index (χ1) is 11.5. The summed E-state index contributed by atoms with van der Waals surface area (Å²) in [6.45, 7) is 3.75. The number of ether oxygens (including phenoxy) is 1. The second-order valence-electron chi connectivity index (χ2n) is 5.84. The Hall–Kier alpha value is -1.72. The minimum absolute atomic E-state index is 0.136. The fraction of sp³-hybridized carbons (Fsp3) is 0.412. The molecule has 2 amide bonds. The lowest BCUT2D eigenvalue weighted by atomic mass is 9.94. The Morgan fingerprint density at radius 2 is 1.96 bits per heavy atom. The van der Waals surface area contributed by atoms with Gasteiger partial charge in [-0.3, -0.25) is 4.90 Å². The molecule has 0 radical (unpaired) electrons. The van der Waals surface area contributed by atoms with Crippen LogP contribution >= 0.6 is 23.2 Å². The van der Waals surface area contributed by atoms with Crippen molar-refractivity contribution >= 4 is 35.2 Å². The van der Waals surface area contributed by atoms with E-state index in [-0.39, 0.29) is 18.7 Å². The predicted molar refractivity (Wildman–Crippen MR) is 91.9 cm³/mol. The summed E-state index contributed by atoms with van der Waals surface area (Å²) >= 11 is 12.6. The molecule has 0 saturated heterocycles. The molecule has 1 aromatic rings. The van der Waals surface area contributed by atoms with E-state index in [9.17, 15) is 9.59 Å². The molecule has 1 atom stereocenters. The highest BCUT2D eigenvalue weighted by molar-refractivity contribution is 6.36. The Labute approximate surface area is 150 Å². The standard InChI is InChI=1S/C17H18Cl2N2O3/c1-3-24-16(22)13-9(2)21(10-7-8-10)17(23)20-15(13)14-11(18)5-4-6-12(14)19/h4-6,10,15H,3,7-8H2,1-2H3,(H,20,23)/t15-/m1/s1. The Bertz CT molecular complexity index is 708. The maximum absolute atomic E-state index is 12.6. The largest absolute Gasteiger partial charge is 0.463 e. The van der Waals surface area contributed by atoms with Crippen LogP contribution < -0.4 is 5.32 Å². The zero-order chi connectivity index (χ0) is 17.4. The average molecular weight is 369 g/mol. The van der Waals surface area contributed by atoms with Gasteiger partial charge >= 0.3 is 12.0 Å². The third-order valence-electron chi connectivity index (χ3n) is 4.22. The highest BCUT2D eigenvalue weighted by atomic mass is 35.5. The van der Waals surface area contributed by atoms with Crippen molar-refractivity contribution in [1.82, 2.24) is 10.2 Å². The molecule has 1 saturated carbocycles. The average Bonchev–Trinajstić information content (AvgIpc) is 3.31. The van der Waals surface area contributed by atoms with Crippen LogP contribution in [0.2, 0.25) is 10.0 Å². The van der Waals surface area contributed by atoms with E-state index in [0.717, 1.165) is 12.8 Å². The van der Waals surface area contributed by atoms with Crippen molar-refractivity contribution in [3.8, 4) is 0 Å². The maximum Gasteiger partial charge on any atom is 0.338 e. The van der Waals surface area contributed by atoms with Crippen molar-refractivity contribution in [3.05, 3.63) is 45.1 Å². The van der Waals surface area contributed by atoms with E-state index in [4.69, 9.17) is 27.9 Å². The Balaban J connectivity index is 2.13. The monoisotopic (exact) mass is 368 g/mol. The van der Waals surface area contributed by atoms with Gasteiger partial charge in [-0.15, -0.1) is 0 Å². The number of allylic oxidation sites excluding steroid dienone is 1. The smallest absolute Gasteiger partial charge is 0.338 e. The first-order valence-electron chi connectivity index (χ1n) is 7.87. The number of hydrogen-bond donors (Lipinski definition) is 1. The van der Waals surface area contributed by atoms with Gasteiger partial charge in [0.15, 0.2) is 0 Å². The first kappa shape index (κ1) is 17.1. The van der Waals surface area contributed by atoms with Crippen LogP contribution in [-0.2, 0) is 9.53 Å². The molecule has 1 aliphatic heterocycles. The first-order valence-corrected chi connectivity index (χ1v) is 8.62. The minimum atomic E-state index is -0.729. The fourth-order valence-corrected chi connectivity index (χ4v) is 3.62. The van der Waals surface area contributed by atoms with Crippen molar-refractivity contribution in [2.75, 3.05) is 6.61 Å². The molecule has 0 aromatic heterocycles. The third-order valence-corrected chi connectivity index (χ3v) is 4.88. The minimum Gasteiger partial charge on any atom is -0.463 e. The zero-order valence-electron chi connectivity index (χ0n) is 13.4. The molecule has 0 unspecified atom stereocenters. The lowest BCUT2D eigenvalue weighted by molar-refractivity contribution is -0.139. The van der Waals surface area contributed by atoms with Gasteiger partial charge in [0, 0.05) is 27.3 Å². The number of carbonyl (C=O) groups is 2. The number of rotatable bonds is 4. The van der Waals surface area contributed by atoms with Crippen LogP contribution in [0.5, 0.6) is 0 Å². The molecule has 5 nitrogen and oxygen atoms in total. The number of carbonyl (C=O) groups excluding carboxylic acids is 2. The van der Waals surface area contributed by atoms with E-state index >= 15 is 0 Å². The van der Waals surface area contributed by atoms with Gasteiger partial charge in [0.05, 0.1) is 18.2 Å². The van der Waals surface area contributed by atoms with Gasteiger partial charge < -0.3 is 10.1 Å². The van der Waals surface area contributed by atoms with Crippen LogP contribution in [0.15, 0.2) is 29.5 Å². The third kappa shape index (κ3) is 2.98. The highest BCUT2D eigenvalue weighted by Crippen LogP contribution is 2.41. The topological polar surface area (TPSA) is 58.6 Å². The van der Waals surface area contributed by atoms with Crippen molar-refractivity contribution < 1.29 is 14.3 Å². The summed E-state index contributed by atoms with van der Waals surface area (Å²) in [7, 11) is 0. The van der Waals surface area contributed by atoms with Crippen LogP contribution in [0.4, 0.5) is 4.79 Å². The quantitative estimate of drug-likeness (QED) is 0.815. The molecule has 1 aliphatic carbocycles. The molecule has 128 valence electrons. The Morgan fingerprint density at radius 3 is 2.50 bits per heavy atom. The van der Waals surface area contributed by atoms with Crippen LogP contribution in [-0.4, -0.2) is 29.5 Å². The van der Waals surface area contributed by atoms with Crippen molar-refractivity contribution in [2.45, 2.75) is 38.8 Å². The summed E-state index contributed by atoms with van der Waals surface area (Å²) in [5, 5.41) is 3.65. The molecule has 2 aliphatic rings. The van der Waals surface area contributed by atoms with Gasteiger partial charge in [0.25, 0.3) is 0 Å². The van der Waals surface area contributed by atoms with Crippen LogP contribution in [0, 0.1) is 0 Å². The molecule has 1 N–H and O–H groups in total. The Morgan fingerprint density at radius 1 is 1.33 bits per heavy atom. The zero-order valence-corrected chi connectivity index (χ0v) is 14.9. The van der Waals surface area contributed by atoms with E-state index in [1.807, 2.05) is 0 Å². The highest BCUT2D eigenvalue weighted by Gasteiger charge is 2.43. The van der Waals surface area contributed by atoms with Crippen LogP contribution in [0.3, 0.4) is 0 Å². The second-order valence-corrected chi connectivity index (χ2v) is 6.65. The van der Waals surface area contributed by atoms with Crippen LogP contribution in [0.1, 0.15) is 38.3 Å². The van der Waals surface area contributed by atoms with Crippen molar-refractivity contribution in [2.24, 2.45) is 0 Å². The summed E-state index contributed by atoms with van der Waals surface area (Å²) in [6, 6.07) is 4.24. The van der Waals surface area contributed by atoms with Crippen LogP contribution in [0.25, 0.3) is 0 Å². The van der Waals surface area contributed by atoms with E-state index < -0.39 is 12.0 Å². The summed E-state index contributed by atoms with van der Waals surface area (Å²) in [4.78, 5) is 26.8. The van der Waals surface area contributed by atoms with Gasteiger partial charge in [-0.05, 0) is 38.8 Å². The number of urea groups is 1. The molecule has 24 heavy (non-hydrogen) atoms. The number of amides is 2. The summed E-state index contributed by atoms with van der Waals surface area (Å²) in [5.41, 5.74) is 1.48. The number of halogens is 2. The van der Waals surface area contributed by atoms with Gasteiger partial charge in [-0.2, -0.15) is 0 Å². The maximum atomic E-state index is 12.6. The lowest BCUT2D eigenvalue weighted by Gasteiger charge is -2.36. The number of nitrogens with one attached hydrogen (secondary N) is 1. The number of hydrogen-bond acceptors (Lipinski definition) is 3. The van der Waals surface area contributed by atoms with E-state index in [1.165, 1.54) is 0 Å². The summed E-state index contributed by atoms with van der Waals surface area (Å²) in [6.07, 6.45) is 1.86. The van der Waals surface area contributed by atoms with Gasteiger partial charge in [0.1, 0.15) is 0 Å². The molecule has 0 spiro atoms. The number of benzene rings is 1. The molecule has 1 fully saturated rings. The fourth-order valence-electron chi connectivity index (χ4n) is 3.01. The number of nitrogens with zero attached hydrogens (tertiary/aromatic N) is 1. The van der Waals surface area contributed by atoms with Gasteiger partial charge in [0.2, 0.25) is 0 Å². The van der Waals surface area contributed by atoms with Gasteiger partial charge in [-0.25, -0.2) is 9.59 Å². The molecular formula is C17H18Cl2N2O3. The van der Waals surface area contributed by atoms with E-state index in [1.54, 1.807) is 36.9 Å².